The number of aromatic hydroxyl groups is 1. The Balaban J connectivity index is 2.57. The largest absolute Gasteiger partial charge is 0.507 e. The summed E-state index contributed by atoms with van der Waals surface area (Å²) in [7, 11) is 0. The van der Waals surface area contributed by atoms with Crippen molar-refractivity contribution in [3.8, 4) is 5.75 Å². The van der Waals surface area contributed by atoms with Crippen LogP contribution in [-0.4, -0.2) is 23.8 Å². The van der Waals surface area contributed by atoms with Crippen molar-refractivity contribution in [1.29, 1.82) is 0 Å². The highest BCUT2D eigenvalue weighted by molar-refractivity contribution is 5.99. The molecule has 6 nitrogen and oxygen atoms in total. The highest BCUT2D eigenvalue weighted by atomic mass is 16.4. The topological polar surface area (TPSA) is 96.6 Å². The predicted molar refractivity (Wildman–Crippen MR) is 86.0 cm³/mol. The zero-order chi connectivity index (χ0) is 17.1. The zero-order valence-corrected chi connectivity index (χ0v) is 13.4. The first-order valence-corrected chi connectivity index (χ1v) is 7.41. The summed E-state index contributed by atoms with van der Waals surface area (Å²) in [4.78, 5) is 35.0. The van der Waals surface area contributed by atoms with Gasteiger partial charge in [-0.1, -0.05) is 0 Å². The molecule has 0 saturated carbocycles. The number of amides is 1. The van der Waals surface area contributed by atoms with E-state index in [1.807, 2.05) is 6.92 Å². The molecule has 1 aromatic heterocycles. The van der Waals surface area contributed by atoms with E-state index in [0.29, 0.717) is 34.9 Å². The SMILES string of the molecule is CCNC(=O)CCc1c(C)c2cc(C)c(O)c(C=O)c2oc1=O. The average Bonchev–Trinajstić information content (AvgIpc) is 2.50. The summed E-state index contributed by atoms with van der Waals surface area (Å²) in [6.45, 7) is 5.77. The molecule has 0 bridgehead atoms. The fourth-order valence-electron chi connectivity index (χ4n) is 2.60. The highest BCUT2D eigenvalue weighted by Crippen LogP contribution is 2.31. The lowest BCUT2D eigenvalue weighted by Crippen LogP contribution is -2.24. The number of hydrogen-bond donors (Lipinski definition) is 2. The van der Waals surface area contributed by atoms with E-state index in [2.05, 4.69) is 5.32 Å². The number of phenolic OH excluding ortho intramolecular Hbond substituents is 1. The average molecular weight is 317 g/mol. The van der Waals surface area contributed by atoms with Gasteiger partial charge < -0.3 is 14.8 Å². The molecule has 0 aliphatic carbocycles. The molecule has 0 unspecified atom stereocenters. The number of carbonyl (C=O) groups excluding carboxylic acids is 2. The van der Waals surface area contributed by atoms with Gasteiger partial charge in [0.15, 0.2) is 11.9 Å². The van der Waals surface area contributed by atoms with Crippen LogP contribution in [0.2, 0.25) is 0 Å². The molecular formula is C17H19NO5. The van der Waals surface area contributed by atoms with Crippen LogP contribution in [0.25, 0.3) is 11.0 Å². The molecule has 0 fully saturated rings. The Kier molecular flexibility index (Phi) is 4.83. The standard InChI is InChI=1S/C17H19NO5/c1-4-18-14(20)6-5-11-10(3)12-7-9(2)15(21)13(8-19)16(12)23-17(11)22/h7-8,21H,4-6H2,1-3H3,(H,18,20). The van der Waals surface area contributed by atoms with Gasteiger partial charge in [-0.05, 0) is 44.4 Å². The van der Waals surface area contributed by atoms with E-state index in [-0.39, 0.29) is 35.6 Å². The van der Waals surface area contributed by atoms with Crippen molar-refractivity contribution in [3.05, 3.63) is 38.7 Å². The van der Waals surface area contributed by atoms with E-state index in [9.17, 15) is 19.5 Å². The molecule has 0 atom stereocenters. The second-order valence-corrected chi connectivity index (χ2v) is 5.40. The van der Waals surface area contributed by atoms with Crippen molar-refractivity contribution in [1.82, 2.24) is 5.32 Å². The van der Waals surface area contributed by atoms with Crippen LogP contribution in [0.3, 0.4) is 0 Å². The van der Waals surface area contributed by atoms with Crippen LogP contribution in [0.4, 0.5) is 0 Å². The van der Waals surface area contributed by atoms with Crippen LogP contribution in [0.15, 0.2) is 15.3 Å². The maximum absolute atomic E-state index is 12.2. The minimum Gasteiger partial charge on any atom is -0.507 e. The lowest BCUT2D eigenvalue weighted by atomic mass is 9.98. The second-order valence-electron chi connectivity index (χ2n) is 5.40. The van der Waals surface area contributed by atoms with Gasteiger partial charge in [0, 0.05) is 23.9 Å². The van der Waals surface area contributed by atoms with Crippen molar-refractivity contribution < 1.29 is 19.1 Å². The molecule has 23 heavy (non-hydrogen) atoms. The summed E-state index contributed by atoms with van der Waals surface area (Å²) in [5, 5.41) is 13.2. The summed E-state index contributed by atoms with van der Waals surface area (Å²) in [6, 6.07) is 1.67. The van der Waals surface area contributed by atoms with Crippen molar-refractivity contribution in [3.63, 3.8) is 0 Å². The van der Waals surface area contributed by atoms with E-state index in [1.165, 1.54) is 0 Å². The molecule has 0 aliphatic rings. The molecule has 0 radical (unpaired) electrons. The first-order valence-electron chi connectivity index (χ1n) is 7.41. The smallest absolute Gasteiger partial charge is 0.339 e. The number of aryl methyl sites for hydroxylation is 2. The number of hydrogen-bond acceptors (Lipinski definition) is 5. The summed E-state index contributed by atoms with van der Waals surface area (Å²) < 4.78 is 5.25. The van der Waals surface area contributed by atoms with E-state index in [1.54, 1.807) is 19.9 Å². The number of rotatable bonds is 5. The quantitative estimate of drug-likeness (QED) is 0.649. The Hall–Kier alpha value is -2.63. The number of carbonyl (C=O) groups is 2. The first-order chi connectivity index (χ1) is 10.9. The van der Waals surface area contributed by atoms with Crippen LogP contribution in [0.5, 0.6) is 5.75 Å². The molecule has 1 amide bonds. The molecule has 122 valence electrons. The molecule has 6 heteroatoms. The van der Waals surface area contributed by atoms with E-state index in [0.717, 1.165) is 0 Å². The number of phenols is 1. The van der Waals surface area contributed by atoms with Crippen LogP contribution >= 0.6 is 0 Å². The van der Waals surface area contributed by atoms with Crippen LogP contribution in [0.1, 0.15) is 40.4 Å². The molecule has 0 saturated heterocycles. The predicted octanol–water partition coefficient (Wildman–Crippen LogP) is 2.00. The lowest BCUT2D eigenvalue weighted by Gasteiger charge is -2.11. The van der Waals surface area contributed by atoms with E-state index in [4.69, 9.17) is 4.42 Å². The molecule has 2 aromatic rings. The summed E-state index contributed by atoms with van der Waals surface area (Å²) in [6.07, 6.45) is 0.913. The Labute approximate surface area is 133 Å². The van der Waals surface area contributed by atoms with Gasteiger partial charge in [-0.25, -0.2) is 4.79 Å². The van der Waals surface area contributed by atoms with Crippen LogP contribution in [-0.2, 0) is 11.2 Å². The molecule has 2 rings (SSSR count). The fraction of sp³-hybridized carbons (Fsp3) is 0.353. The molecule has 2 N–H and O–H groups in total. The monoisotopic (exact) mass is 317 g/mol. The molecule has 0 aliphatic heterocycles. The van der Waals surface area contributed by atoms with Gasteiger partial charge in [0.25, 0.3) is 0 Å². The Morgan fingerprint density at radius 1 is 1.39 bits per heavy atom. The van der Waals surface area contributed by atoms with Gasteiger partial charge in [0.2, 0.25) is 5.91 Å². The normalized spacial score (nSPS) is 10.7. The minimum absolute atomic E-state index is 0.0320. The number of benzene rings is 1. The highest BCUT2D eigenvalue weighted by Gasteiger charge is 2.18. The van der Waals surface area contributed by atoms with Crippen molar-refractivity contribution in [2.75, 3.05) is 6.54 Å². The Morgan fingerprint density at radius 2 is 2.09 bits per heavy atom. The van der Waals surface area contributed by atoms with Gasteiger partial charge in [0.1, 0.15) is 5.75 Å². The number of nitrogens with one attached hydrogen (secondary N) is 1. The third kappa shape index (κ3) is 3.11. The second kappa shape index (κ2) is 6.64. The number of aldehydes is 1. The summed E-state index contributed by atoms with van der Waals surface area (Å²) >= 11 is 0. The third-order valence-corrected chi connectivity index (χ3v) is 3.87. The first kappa shape index (κ1) is 16.7. The summed E-state index contributed by atoms with van der Waals surface area (Å²) in [5.74, 6) is -0.327. The van der Waals surface area contributed by atoms with E-state index >= 15 is 0 Å². The van der Waals surface area contributed by atoms with Gasteiger partial charge in [-0.15, -0.1) is 0 Å². The maximum Gasteiger partial charge on any atom is 0.339 e. The van der Waals surface area contributed by atoms with Crippen molar-refractivity contribution in [2.45, 2.75) is 33.6 Å². The Morgan fingerprint density at radius 3 is 2.70 bits per heavy atom. The van der Waals surface area contributed by atoms with E-state index < -0.39 is 5.63 Å². The van der Waals surface area contributed by atoms with Crippen molar-refractivity contribution >= 4 is 23.2 Å². The molecular weight excluding hydrogens is 298 g/mol. The molecule has 1 heterocycles. The molecule has 1 aromatic carbocycles. The minimum atomic E-state index is -0.592. The van der Waals surface area contributed by atoms with Gasteiger partial charge >= 0.3 is 5.63 Å². The van der Waals surface area contributed by atoms with Crippen molar-refractivity contribution in [2.24, 2.45) is 0 Å². The maximum atomic E-state index is 12.2. The zero-order valence-electron chi connectivity index (χ0n) is 13.4. The van der Waals surface area contributed by atoms with Gasteiger partial charge in [-0.2, -0.15) is 0 Å². The van der Waals surface area contributed by atoms with Gasteiger partial charge in [-0.3, -0.25) is 9.59 Å². The molecule has 0 spiro atoms. The summed E-state index contributed by atoms with van der Waals surface area (Å²) in [5.41, 5.74) is 1.04. The fourth-order valence-corrected chi connectivity index (χ4v) is 2.60. The van der Waals surface area contributed by atoms with Crippen LogP contribution in [0, 0.1) is 13.8 Å². The third-order valence-electron chi connectivity index (χ3n) is 3.87. The van der Waals surface area contributed by atoms with Gasteiger partial charge in [0.05, 0.1) is 5.56 Å². The Bertz CT molecular complexity index is 835. The van der Waals surface area contributed by atoms with Crippen LogP contribution < -0.4 is 10.9 Å². The lowest BCUT2D eigenvalue weighted by molar-refractivity contribution is -0.120. The number of fused-ring (bicyclic) bond motifs is 1.